The molecule has 3 aliphatic carbocycles. The summed E-state index contributed by atoms with van der Waals surface area (Å²) in [6, 6.07) is 62.5. The Labute approximate surface area is 382 Å². The maximum absolute atomic E-state index is 15.2. The predicted molar refractivity (Wildman–Crippen MR) is 271 cm³/mol. The molecule has 3 aromatic heterocycles. The molecule has 0 aliphatic heterocycles. The van der Waals surface area contributed by atoms with E-state index in [2.05, 4.69) is 146 Å². The molecule has 8 aromatic carbocycles. The van der Waals surface area contributed by atoms with E-state index in [1.165, 1.54) is 38.9 Å². The van der Waals surface area contributed by atoms with Crippen molar-refractivity contribution in [3.8, 4) is 56.2 Å². The van der Waals surface area contributed by atoms with Gasteiger partial charge in [0.25, 0.3) is 5.56 Å². The maximum atomic E-state index is 15.2. The largest absolute Gasteiger partial charge is 0.274 e. The van der Waals surface area contributed by atoms with Gasteiger partial charge in [-0.15, -0.1) is 0 Å². The zero-order valence-corrected chi connectivity index (χ0v) is 36.6. The molecule has 0 saturated carbocycles. The summed E-state index contributed by atoms with van der Waals surface area (Å²) in [6.07, 6.45) is 8.48. The lowest BCUT2D eigenvalue weighted by Crippen LogP contribution is -2.25. The van der Waals surface area contributed by atoms with Gasteiger partial charge in [0, 0.05) is 43.8 Å². The summed E-state index contributed by atoms with van der Waals surface area (Å²) in [5.41, 5.74) is 16.2. The molecular weight excluding hydrogens is 805 g/mol. The topological polar surface area (TPSA) is 60.2 Å². The van der Waals surface area contributed by atoms with E-state index in [9.17, 15) is 0 Å². The number of nitrogens with zero attached hydrogens (tertiary/aromatic N) is 4. The molecule has 66 heavy (non-hydrogen) atoms. The fourth-order valence-electron chi connectivity index (χ4n) is 11.4. The van der Waals surface area contributed by atoms with E-state index in [0.29, 0.717) is 22.9 Å². The van der Waals surface area contributed by atoms with Crippen LogP contribution in [0.15, 0.2) is 199 Å². The van der Waals surface area contributed by atoms with Crippen LogP contribution in [0.3, 0.4) is 0 Å². The first kappa shape index (κ1) is 38.2. The van der Waals surface area contributed by atoms with E-state index in [4.69, 9.17) is 15.0 Å². The highest BCUT2D eigenvalue weighted by atomic mass is 16.1. The summed E-state index contributed by atoms with van der Waals surface area (Å²) in [5.74, 6) is 1.94. The SMILES string of the molecule is CC.O=c1c2ccccc2c2cc(-c3cccc(-c4nc(C5=CCCC=C5)nc(-c5ccccc5)n4)c3)cc3c4ccc5c(c4n1c23)-c1ccccc1C51c2ccccc2-c2ccccc21. The first-order valence-corrected chi connectivity index (χ1v) is 23.1. The highest BCUT2D eigenvalue weighted by molar-refractivity contribution is 6.24. The number of benzene rings is 8. The molecule has 0 fully saturated rings. The third-order valence-corrected chi connectivity index (χ3v) is 14.0. The Balaban J connectivity index is 0.00000215. The molecule has 0 atom stereocenters. The van der Waals surface area contributed by atoms with Crippen LogP contribution in [-0.2, 0) is 5.41 Å². The van der Waals surface area contributed by atoms with Gasteiger partial charge in [0.15, 0.2) is 17.5 Å². The van der Waals surface area contributed by atoms with Gasteiger partial charge in [-0.1, -0.05) is 184 Å². The number of allylic oxidation sites excluding steroid dienone is 4. The van der Waals surface area contributed by atoms with Crippen LogP contribution in [-0.4, -0.2) is 19.4 Å². The van der Waals surface area contributed by atoms with E-state index in [0.717, 1.165) is 78.8 Å². The molecule has 0 N–H and O–H groups in total. The van der Waals surface area contributed by atoms with E-state index in [1.807, 2.05) is 66.8 Å². The van der Waals surface area contributed by atoms with E-state index >= 15 is 4.79 Å². The van der Waals surface area contributed by atoms with Crippen LogP contribution in [0.25, 0.3) is 99.7 Å². The lowest BCUT2D eigenvalue weighted by atomic mass is 9.70. The minimum absolute atomic E-state index is 0.000290. The second kappa shape index (κ2) is 14.6. The molecule has 0 bridgehead atoms. The Hall–Kier alpha value is -8.28. The summed E-state index contributed by atoms with van der Waals surface area (Å²) in [7, 11) is 0. The Morgan fingerprint density at radius 2 is 1.02 bits per heavy atom. The second-order valence-electron chi connectivity index (χ2n) is 17.3. The minimum atomic E-state index is -0.521. The van der Waals surface area contributed by atoms with Crippen molar-refractivity contribution < 1.29 is 0 Å². The molecular formula is C61H42N4O. The number of aromatic nitrogens is 4. The number of pyridine rings is 1. The molecule has 1 spiro atoms. The van der Waals surface area contributed by atoms with Gasteiger partial charge >= 0.3 is 0 Å². The first-order chi connectivity index (χ1) is 32.7. The molecule has 312 valence electrons. The van der Waals surface area contributed by atoms with Crippen LogP contribution in [0, 0.1) is 0 Å². The molecule has 14 rings (SSSR count). The predicted octanol–water partition coefficient (Wildman–Crippen LogP) is 14.5. The summed E-state index contributed by atoms with van der Waals surface area (Å²) in [6.45, 7) is 4.00. The first-order valence-electron chi connectivity index (χ1n) is 23.1. The van der Waals surface area contributed by atoms with Crippen LogP contribution in [0.2, 0.25) is 0 Å². The van der Waals surface area contributed by atoms with Gasteiger partial charge in [-0.25, -0.2) is 15.0 Å². The Morgan fingerprint density at radius 1 is 0.439 bits per heavy atom. The lowest BCUT2D eigenvalue weighted by Gasteiger charge is -2.30. The van der Waals surface area contributed by atoms with Crippen molar-refractivity contribution in [2.75, 3.05) is 0 Å². The van der Waals surface area contributed by atoms with Gasteiger partial charge in [-0.2, -0.15) is 0 Å². The van der Waals surface area contributed by atoms with Crippen molar-refractivity contribution in [1.82, 2.24) is 19.4 Å². The normalized spacial score (nSPS) is 14.0. The van der Waals surface area contributed by atoms with E-state index < -0.39 is 5.41 Å². The summed E-state index contributed by atoms with van der Waals surface area (Å²) < 4.78 is 2.04. The fraction of sp³-hybridized carbons (Fsp3) is 0.0820. The van der Waals surface area contributed by atoms with Crippen LogP contribution < -0.4 is 5.56 Å². The smallest absolute Gasteiger partial charge is 0.263 e. The maximum Gasteiger partial charge on any atom is 0.263 e. The van der Waals surface area contributed by atoms with E-state index in [-0.39, 0.29) is 5.56 Å². The standard InChI is InChI=1S/C59H36N4O.C2H6/c64-58-44-25-8-7-22-40(44)46-33-39(37-20-15-21-38(32-37)57-61-55(35-16-3-1-4-17-35)60-56(62-57)36-18-5-2-6-19-36)34-47-43-30-31-51-52(54(43)63(58)53(46)47)45-26-11-14-29-50(45)59(51)48-27-12-9-23-41(48)42-24-10-13-28-49(42)59;1-2/h1,3-5,7-34H,2,6H2;1-2H3. The van der Waals surface area contributed by atoms with Gasteiger partial charge < -0.3 is 0 Å². The molecule has 11 aromatic rings. The molecule has 0 saturated heterocycles. The van der Waals surface area contributed by atoms with Crippen molar-refractivity contribution >= 4 is 43.5 Å². The number of fused-ring (bicyclic) bond motifs is 16. The lowest BCUT2D eigenvalue weighted by molar-refractivity contribution is 0.794. The van der Waals surface area contributed by atoms with Gasteiger partial charge in [0.1, 0.15) is 0 Å². The highest BCUT2D eigenvalue weighted by Gasteiger charge is 2.52. The third-order valence-electron chi connectivity index (χ3n) is 14.0. The van der Waals surface area contributed by atoms with Gasteiger partial charge in [0.2, 0.25) is 0 Å². The van der Waals surface area contributed by atoms with Crippen LogP contribution in [0.5, 0.6) is 0 Å². The van der Waals surface area contributed by atoms with Gasteiger partial charge in [0.05, 0.1) is 16.4 Å². The van der Waals surface area contributed by atoms with Crippen molar-refractivity contribution in [2.24, 2.45) is 0 Å². The Bertz CT molecular complexity index is 3890. The summed E-state index contributed by atoms with van der Waals surface area (Å²) in [4.78, 5) is 30.3. The molecule has 0 radical (unpaired) electrons. The van der Waals surface area contributed by atoms with Crippen LogP contribution in [0.1, 0.15) is 54.8 Å². The summed E-state index contributed by atoms with van der Waals surface area (Å²) in [5, 5.41) is 4.80. The van der Waals surface area contributed by atoms with Crippen molar-refractivity contribution in [1.29, 1.82) is 0 Å². The van der Waals surface area contributed by atoms with Gasteiger partial charge in [-0.05, 0) is 92.6 Å². The molecule has 3 aliphatic rings. The molecule has 3 heterocycles. The average Bonchev–Trinajstić information content (AvgIpc) is 4.01. The fourth-order valence-corrected chi connectivity index (χ4v) is 11.4. The van der Waals surface area contributed by atoms with Crippen molar-refractivity contribution in [3.63, 3.8) is 0 Å². The minimum Gasteiger partial charge on any atom is -0.274 e. The Kier molecular flexibility index (Phi) is 8.47. The molecule has 5 nitrogen and oxygen atoms in total. The average molecular weight is 847 g/mol. The molecule has 0 unspecified atom stereocenters. The number of hydrogen-bond acceptors (Lipinski definition) is 4. The monoisotopic (exact) mass is 846 g/mol. The van der Waals surface area contributed by atoms with Crippen molar-refractivity contribution in [3.05, 3.63) is 233 Å². The number of hydrogen-bond donors (Lipinski definition) is 0. The zero-order valence-electron chi connectivity index (χ0n) is 36.6. The Morgan fingerprint density at radius 3 is 1.73 bits per heavy atom. The van der Waals surface area contributed by atoms with Crippen LogP contribution in [0.4, 0.5) is 0 Å². The molecule has 5 heteroatoms. The highest BCUT2D eigenvalue weighted by Crippen LogP contribution is 2.64. The zero-order chi connectivity index (χ0) is 44.1. The third kappa shape index (κ3) is 5.22. The summed E-state index contributed by atoms with van der Waals surface area (Å²) >= 11 is 0. The second-order valence-corrected chi connectivity index (χ2v) is 17.3. The molecule has 0 amide bonds. The van der Waals surface area contributed by atoms with Crippen molar-refractivity contribution in [2.45, 2.75) is 32.1 Å². The van der Waals surface area contributed by atoms with Gasteiger partial charge in [-0.3, -0.25) is 9.20 Å². The van der Waals surface area contributed by atoms with Crippen LogP contribution >= 0.6 is 0 Å². The quantitative estimate of drug-likeness (QED) is 0.166. The van der Waals surface area contributed by atoms with E-state index in [1.54, 1.807) is 0 Å². The number of rotatable bonds is 4.